The van der Waals surface area contributed by atoms with Crippen LogP contribution in [0.25, 0.3) is 0 Å². The Morgan fingerprint density at radius 3 is 2.04 bits per heavy atom. The van der Waals surface area contributed by atoms with E-state index >= 15 is 0 Å². The molecule has 1 unspecified atom stereocenters. The van der Waals surface area contributed by atoms with Crippen molar-refractivity contribution in [3.05, 3.63) is 24.3 Å². The Morgan fingerprint density at radius 1 is 0.797 bits per heavy atom. The van der Waals surface area contributed by atoms with E-state index in [-0.39, 0.29) is 38.5 Å². The SMILES string of the molecule is CC/C=C\CCCCCCCCCCCCCC(=O)O[C@@H]1COC(=O)CCCCC(=O)C[C@@H]2[C@@H](O)[C@H](O)[C@@H](O)[C@H](OP(=O)(O)OC1)[C@H](OP(=O)(O)O)[C@H](O)[C@@H](/C=C/[C@@H](O)CCCCC)[C@H](O)C[C@@H]2O. The van der Waals surface area contributed by atoms with Crippen molar-refractivity contribution in [3.8, 4) is 0 Å². The molecule has 0 aromatic rings. The number of rotatable bonds is 24. The fraction of sp³-hybridized carbons (Fsp3) is 0.851. The normalized spacial score (nSPS) is 31.5. The molecule has 22 heteroatoms. The highest BCUT2D eigenvalue weighted by Crippen LogP contribution is 2.50. The zero-order valence-corrected chi connectivity index (χ0v) is 42.4. The van der Waals surface area contributed by atoms with Crippen LogP contribution in [-0.4, -0.2) is 142 Å². The number of cyclic esters (lactones) is 1. The molecule has 2 bridgehead atoms. The standard InChI is InChI=1S/C47H84O20P2/c1-3-5-7-8-9-10-11-12-13-14-15-16-17-18-20-26-41(53)65-35-31-63-40(52)25-22-21-24-34(49)29-37-39(51)30-38(50)36(28-27-33(48)23-19-6-4-2)43(55)46(66-68(58,59)60)47(45(57)44(56)42(37)54)67-69(61,62)64-32-35/h5,7,27-28,33,35-39,42-48,50-51,54-57H,3-4,6,8-26,29-32H2,1-2H3,(H,61,62)(H2,58,59,60)/b7-5-,28-27+/t33-,35+,36-,37-,38+,39-,42+,43+,44-,45+,46+,47-/m0/s1. The van der Waals surface area contributed by atoms with Crippen molar-refractivity contribution in [2.45, 2.75) is 229 Å². The monoisotopic (exact) mass is 1030 g/mol. The van der Waals surface area contributed by atoms with Crippen LogP contribution in [-0.2, 0) is 46.6 Å². The summed E-state index contributed by atoms with van der Waals surface area (Å²) < 4.78 is 52.2. The number of carbonyl (C=O) groups excluding carboxylic acids is 3. The number of esters is 2. The Kier molecular flexibility index (Phi) is 31.5. The van der Waals surface area contributed by atoms with Gasteiger partial charge in [0.15, 0.2) is 6.10 Å². The molecule has 0 aromatic heterocycles. The number of hydrogen-bond acceptors (Lipinski definition) is 17. The number of ketones is 1. The fourth-order valence-electron chi connectivity index (χ4n) is 8.49. The number of fused-ring (bicyclic) bond motifs is 4. The van der Waals surface area contributed by atoms with Crippen LogP contribution in [0.3, 0.4) is 0 Å². The fourth-order valence-corrected chi connectivity index (χ4v) is 10.0. The molecule has 1 saturated carbocycles. The molecule has 13 atom stereocenters. The van der Waals surface area contributed by atoms with Crippen LogP contribution < -0.4 is 0 Å². The maximum atomic E-state index is 13.8. The van der Waals surface area contributed by atoms with Crippen molar-refractivity contribution in [2.75, 3.05) is 13.2 Å². The Bertz CT molecular complexity index is 1610. The van der Waals surface area contributed by atoms with Crippen LogP contribution in [0.4, 0.5) is 0 Å². The number of hydrogen-bond donors (Lipinski definition) is 10. The molecule has 20 nitrogen and oxygen atoms in total. The molecule has 1 saturated heterocycles. The molecule has 0 spiro atoms. The number of allylic oxidation sites excluding steroid dienone is 2. The minimum atomic E-state index is -5.81. The minimum absolute atomic E-state index is 0.0557. The van der Waals surface area contributed by atoms with Gasteiger partial charge < -0.3 is 59.9 Å². The van der Waals surface area contributed by atoms with E-state index in [9.17, 15) is 73.9 Å². The van der Waals surface area contributed by atoms with Gasteiger partial charge in [0.1, 0.15) is 36.8 Å². The Labute approximate surface area is 407 Å². The van der Waals surface area contributed by atoms with Crippen molar-refractivity contribution in [1.29, 1.82) is 0 Å². The first kappa shape index (κ1) is 63.1. The van der Waals surface area contributed by atoms with Gasteiger partial charge in [-0.2, -0.15) is 0 Å². The first-order chi connectivity index (χ1) is 32.7. The summed E-state index contributed by atoms with van der Waals surface area (Å²) in [4.78, 5) is 70.1. The predicted molar refractivity (Wildman–Crippen MR) is 253 cm³/mol. The van der Waals surface area contributed by atoms with Gasteiger partial charge in [0.2, 0.25) is 0 Å². The van der Waals surface area contributed by atoms with Gasteiger partial charge in [-0.1, -0.05) is 115 Å². The van der Waals surface area contributed by atoms with E-state index in [1.54, 1.807) is 0 Å². The Balaban J connectivity index is 2.36. The molecule has 0 radical (unpaired) electrons. The van der Waals surface area contributed by atoms with Crippen LogP contribution in [0, 0.1) is 11.8 Å². The zero-order valence-electron chi connectivity index (χ0n) is 40.6. The smallest absolute Gasteiger partial charge is 0.462 e. The van der Waals surface area contributed by atoms with Crippen molar-refractivity contribution < 1.29 is 97.0 Å². The van der Waals surface area contributed by atoms with Crippen LogP contribution in [0.1, 0.15) is 168 Å². The van der Waals surface area contributed by atoms with Crippen molar-refractivity contribution in [3.63, 3.8) is 0 Å². The summed E-state index contributed by atoms with van der Waals surface area (Å²) in [5.74, 6) is -5.58. The number of aliphatic hydroxyl groups is 7. The lowest BCUT2D eigenvalue weighted by Crippen LogP contribution is -2.56. The topological polar surface area (TPSA) is 334 Å². The van der Waals surface area contributed by atoms with E-state index < -0.39 is 132 Å². The summed E-state index contributed by atoms with van der Waals surface area (Å²) in [5.41, 5.74) is 0. The third kappa shape index (κ3) is 26.5. The van der Waals surface area contributed by atoms with E-state index in [2.05, 4.69) is 19.1 Å². The second-order valence-electron chi connectivity index (χ2n) is 18.5. The molecule has 2 rings (SSSR count). The molecule has 0 aromatic carbocycles. The summed E-state index contributed by atoms with van der Waals surface area (Å²) in [6.07, 6.45) is -1.15. The number of phosphoric ester groups is 2. The van der Waals surface area contributed by atoms with Crippen LogP contribution in [0.5, 0.6) is 0 Å². The number of carbonyl (C=O) groups is 3. The average molecular weight is 1030 g/mol. The number of unbranched alkanes of at least 4 members (excludes halogenated alkanes) is 13. The Morgan fingerprint density at radius 2 is 1.42 bits per heavy atom. The molecular weight excluding hydrogens is 946 g/mol. The zero-order chi connectivity index (χ0) is 51.4. The first-order valence-electron chi connectivity index (χ1n) is 25.1. The van der Waals surface area contributed by atoms with E-state index in [0.717, 1.165) is 69.9 Å². The van der Waals surface area contributed by atoms with Gasteiger partial charge >= 0.3 is 27.6 Å². The summed E-state index contributed by atoms with van der Waals surface area (Å²) in [5, 5.41) is 79.8. The summed E-state index contributed by atoms with van der Waals surface area (Å²) in [6, 6.07) is 0. The average Bonchev–Trinajstić information content (AvgIpc) is 3.29. The molecule has 2 fully saturated rings. The maximum Gasteiger partial charge on any atom is 0.472 e. The van der Waals surface area contributed by atoms with Crippen molar-refractivity contribution in [2.24, 2.45) is 11.8 Å². The second-order valence-corrected chi connectivity index (χ2v) is 21.1. The number of phosphoric acid groups is 2. The van der Waals surface area contributed by atoms with Crippen molar-refractivity contribution >= 4 is 33.4 Å². The lowest BCUT2D eigenvalue weighted by atomic mass is 9.82. The molecule has 2 aliphatic rings. The van der Waals surface area contributed by atoms with Crippen LogP contribution in [0.2, 0.25) is 0 Å². The van der Waals surface area contributed by atoms with Gasteiger partial charge in [-0.25, -0.2) is 9.13 Å². The van der Waals surface area contributed by atoms with Gasteiger partial charge in [-0.3, -0.25) is 28.0 Å². The molecule has 10 N–H and O–H groups in total. The second kappa shape index (κ2) is 34.5. The molecule has 1 aliphatic heterocycles. The maximum absolute atomic E-state index is 13.8. The Hall–Kier alpha value is -1.97. The highest BCUT2D eigenvalue weighted by atomic mass is 31.2. The third-order valence-electron chi connectivity index (χ3n) is 12.5. The van der Waals surface area contributed by atoms with Gasteiger partial charge in [0, 0.05) is 43.9 Å². The number of aliphatic hydroxyl groups excluding tert-OH is 7. The van der Waals surface area contributed by atoms with Gasteiger partial charge in [0.25, 0.3) is 0 Å². The predicted octanol–water partition coefficient (Wildman–Crippen LogP) is 5.29. The van der Waals surface area contributed by atoms with E-state index in [4.69, 9.17) is 23.0 Å². The largest absolute Gasteiger partial charge is 0.472 e. The molecule has 0 amide bonds. The quantitative estimate of drug-likeness (QED) is 0.0254. The van der Waals surface area contributed by atoms with Crippen LogP contribution in [0.15, 0.2) is 24.3 Å². The van der Waals surface area contributed by atoms with E-state index in [0.29, 0.717) is 12.8 Å². The third-order valence-corrected chi connectivity index (χ3v) is 14.0. The lowest BCUT2D eigenvalue weighted by molar-refractivity contribution is -0.166. The highest BCUT2D eigenvalue weighted by Gasteiger charge is 2.52. The summed E-state index contributed by atoms with van der Waals surface area (Å²) in [7, 11) is -11.5. The molecule has 1 aliphatic carbocycles. The van der Waals surface area contributed by atoms with Crippen LogP contribution >= 0.6 is 15.6 Å². The summed E-state index contributed by atoms with van der Waals surface area (Å²) >= 11 is 0. The van der Waals surface area contributed by atoms with Gasteiger partial charge in [0.05, 0.1) is 37.1 Å². The molecule has 1 heterocycles. The lowest BCUT2D eigenvalue weighted by Gasteiger charge is -2.38. The molecule has 69 heavy (non-hydrogen) atoms. The van der Waals surface area contributed by atoms with E-state index in [1.165, 1.54) is 32.1 Å². The number of Topliss-reactive ketones (excluding diaryl/α,β-unsaturated/α-hetero) is 1. The van der Waals surface area contributed by atoms with Crippen molar-refractivity contribution in [1.82, 2.24) is 0 Å². The van der Waals surface area contributed by atoms with Gasteiger partial charge in [-0.15, -0.1) is 0 Å². The molecule has 402 valence electrons. The number of ether oxygens (including phenoxy) is 2. The minimum Gasteiger partial charge on any atom is -0.462 e. The van der Waals surface area contributed by atoms with Gasteiger partial charge in [-0.05, 0) is 44.9 Å². The van der Waals surface area contributed by atoms with E-state index in [1.807, 2.05) is 6.92 Å². The summed E-state index contributed by atoms with van der Waals surface area (Å²) in [6.45, 7) is 2.38. The first-order valence-corrected chi connectivity index (χ1v) is 28.1. The molecular formula is C47H84O20P2. The highest BCUT2D eigenvalue weighted by molar-refractivity contribution is 7.47.